The van der Waals surface area contributed by atoms with Gasteiger partial charge in [-0.15, -0.1) is 0 Å². The molecule has 0 aromatic heterocycles. The third-order valence-electron chi connectivity index (χ3n) is 6.19. The molecule has 10 heteroatoms. The maximum atomic E-state index is 14.5. The molecule has 0 aliphatic carbocycles. The normalized spacial score (nSPS) is 14.2. The van der Waals surface area contributed by atoms with Gasteiger partial charge in [0, 0.05) is 10.9 Å². The van der Waals surface area contributed by atoms with Gasteiger partial charge in [-0.3, -0.25) is 9.59 Å². The van der Waals surface area contributed by atoms with Gasteiger partial charge in [0.25, 0.3) is 0 Å². The van der Waals surface area contributed by atoms with E-state index in [0.717, 1.165) is 17.7 Å². The number of aryl methyl sites for hydroxylation is 2. The minimum Gasteiger partial charge on any atom is -0.302 e. The molecule has 0 radical (unpaired) electrons. The minimum atomic E-state index is -5.39. The lowest BCUT2D eigenvalue weighted by atomic mass is 9.84. The summed E-state index contributed by atoms with van der Waals surface area (Å²) in [4.78, 5) is 27.7. The van der Waals surface area contributed by atoms with Crippen LogP contribution in [-0.2, 0) is 22.3 Å². The maximum absolute atomic E-state index is 14.5. The van der Waals surface area contributed by atoms with E-state index in [4.69, 9.17) is 0 Å². The van der Waals surface area contributed by atoms with Crippen LogP contribution in [0, 0.1) is 13.8 Å². The quantitative estimate of drug-likeness (QED) is 0.236. The molecule has 0 fully saturated rings. The number of hydrogen-bond donors (Lipinski definition) is 0. The van der Waals surface area contributed by atoms with Crippen LogP contribution in [-0.4, -0.2) is 11.0 Å². The van der Waals surface area contributed by atoms with Gasteiger partial charge in [0.1, 0.15) is 0 Å². The van der Waals surface area contributed by atoms with E-state index in [1.165, 1.54) is 32.0 Å². The summed E-state index contributed by atoms with van der Waals surface area (Å²) in [6.45, 7) is 8.76. The molecule has 0 aliphatic rings. The number of benzene rings is 3. The van der Waals surface area contributed by atoms with Crippen molar-refractivity contribution in [3.8, 4) is 0 Å². The molecule has 38 heavy (non-hydrogen) atoms. The first-order chi connectivity index (χ1) is 17.3. The first kappa shape index (κ1) is 29.4. The zero-order valence-electron chi connectivity index (χ0n) is 21.2. The highest BCUT2D eigenvalue weighted by molar-refractivity contribution is 8.01. The van der Waals surface area contributed by atoms with Crippen LogP contribution in [0.2, 0.25) is 0 Å². The second-order valence-corrected chi connectivity index (χ2v) is 12.6. The van der Waals surface area contributed by atoms with E-state index in [2.05, 4.69) is 0 Å². The number of carbonyl (C=O) groups is 2. The third-order valence-corrected chi connectivity index (χ3v) is 8.81. The Morgan fingerprint density at radius 2 is 1.08 bits per heavy atom. The van der Waals surface area contributed by atoms with Gasteiger partial charge in [0.2, 0.25) is 18.2 Å². The first-order valence-corrected chi connectivity index (χ1v) is 13.2. The van der Waals surface area contributed by atoms with E-state index in [1.54, 1.807) is 12.1 Å². The fourth-order valence-corrected chi connectivity index (χ4v) is 6.74. The van der Waals surface area contributed by atoms with Crippen molar-refractivity contribution in [1.29, 1.82) is 0 Å². The van der Waals surface area contributed by atoms with E-state index in [-0.39, 0.29) is 11.0 Å². The van der Waals surface area contributed by atoms with Gasteiger partial charge >= 0.3 is 12.4 Å². The molecule has 3 aromatic carbocycles. The van der Waals surface area contributed by atoms with Crippen molar-refractivity contribution >= 4 is 23.5 Å². The molecule has 0 spiro atoms. The topological polar surface area (TPSA) is 51.2 Å². The number of halogens is 6. The SMILES string of the molecule is Cc1cc(C(C)(C)C)cc(C)c1C(=O)P(=O)(C(=O)c1c(C(F)(F)F)cccc1C(F)(F)F)c1ccccc1. The van der Waals surface area contributed by atoms with Gasteiger partial charge in [0.05, 0.1) is 16.7 Å². The molecule has 1 atom stereocenters. The largest absolute Gasteiger partial charge is 0.417 e. The monoisotopic (exact) mass is 554 g/mol. The highest BCUT2D eigenvalue weighted by Crippen LogP contribution is 2.55. The van der Waals surface area contributed by atoms with Crippen molar-refractivity contribution in [3.05, 3.63) is 99.6 Å². The molecule has 0 saturated carbocycles. The van der Waals surface area contributed by atoms with E-state index < -0.39 is 52.5 Å². The Hall–Kier alpha value is -3.19. The summed E-state index contributed by atoms with van der Waals surface area (Å²) in [7, 11) is -5.28. The second-order valence-electron chi connectivity index (χ2n) is 10.0. The highest BCUT2D eigenvalue weighted by atomic mass is 31.2. The lowest BCUT2D eigenvalue weighted by molar-refractivity contribution is -0.143. The molecular formula is C28H25F6O3P. The van der Waals surface area contributed by atoms with Gasteiger partial charge in [-0.1, -0.05) is 69.3 Å². The van der Waals surface area contributed by atoms with Crippen LogP contribution in [0.15, 0.2) is 60.7 Å². The van der Waals surface area contributed by atoms with Crippen LogP contribution in [0.3, 0.4) is 0 Å². The predicted molar refractivity (Wildman–Crippen MR) is 133 cm³/mol. The molecule has 202 valence electrons. The summed E-state index contributed by atoms with van der Waals surface area (Å²) in [6.07, 6.45) is -10.8. The van der Waals surface area contributed by atoms with Crippen LogP contribution in [0.4, 0.5) is 26.3 Å². The van der Waals surface area contributed by atoms with Crippen molar-refractivity contribution in [2.45, 2.75) is 52.4 Å². The number of hydrogen-bond acceptors (Lipinski definition) is 3. The zero-order chi connectivity index (χ0) is 28.8. The van der Waals surface area contributed by atoms with Crippen LogP contribution >= 0.6 is 7.14 Å². The van der Waals surface area contributed by atoms with Crippen molar-refractivity contribution in [3.63, 3.8) is 0 Å². The second kappa shape index (κ2) is 9.84. The van der Waals surface area contributed by atoms with Crippen molar-refractivity contribution in [1.82, 2.24) is 0 Å². The molecular weight excluding hydrogens is 529 g/mol. The Labute approximate surface area is 216 Å². The highest BCUT2D eigenvalue weighted by Gasteiger charge is 2.50. The molecule has 3 aromatic rings. The minimum absolute atomic E-state index is 0.184. The van der Waals surface area contributed by atoms with Crippen molar-refractivity contribution < 1.29 is 40.5 Å². The average molecular weight is 554 g/mol. The molecule has 0 aliphatic heterocycles. The van der Waals surface area contributed by atoms with Gasteiger partial charge in [0.15, 0.2) is 0 Å². The summed E-state index contributed by atoms with van der Waals surface area (Å²) >= 11 is 0. The van der Waals surface area contributed by atoms with Crippen LogP contribution < -0.4 is 5.30 Å². The molecule has 0 bridgehead atoms. The molecule has 0 N–H and O–H groups in total. The van der Waals surface area contributed by atoms with E-state index in [0.29, 0.717) is 29.3 Å². The van der Waals surface area contributed by atoms with E-state index >= 15 is 0 Å². The van der Waals surface area contributed by atoms with Gasteiger partial charge in [-0.05, 0) is 48.1 Å². The zero-order valence-corrected chi connectivity index (χ0v) is 22.1. The third kappa shape index (κ3) is 5.35. The first-order valence-electron chi connectivity index (χ1n) is 11.5. The molecule has 0 amide bonds. The lowest BCUT2D eigenvalue weighted by Crippen LogP contribution is -2.26. The van der Waals surface area contributed by atoms with Gasteiger partial charge < -0.3 is 4.57 Å². The van der Waals surface area contributed by atoms with E-state index in [9.17, 15) is 40.5 Å². The number of alkyl halides is 6. The molecule has 3 nitrogen and oxygen atoms in total. The Kier molecular flexibility index (Phi) is 7.61. The van der Waals surface area contributed by atoms with Crippen LogP contribution in [0.5, 0.6) is 0 Å². The molecule has 1 unspecified atom stereocenters. The van der Waals surface area contributed by atoms with Gasteiger partial charge in [-0.2, -0.15) is 26.3 Å². The molecule has 0 heterocycles. The van der Waals surface area contributed by atoms with Crippen LogP contribution in [0.25, 0.3) is 0 Å². The van der Waals surface area contributed by atoms with Crippen LogP contribution in [0.1, 0.15) is 69.3 Å². The number of rotatable bonds is 5. The lowest BCUT2D eigenvalue weighted by Gasteiger charge is -2.25. The molecule has 3 rings (SSSR count). The predicted octanol–water partition coefficient (Wildman–Crippen LogP) is 8.31. The summed E-state index contributed by atoms with van der Waals surface area (Å²) in [5.74, 6) is 0. The summed E-state index contributed by atoms with van der Waals surface area (Å²) < 4.78 is 97.8. The fourth-order valence-electron chi connectivity index (χ4n) is 4.27. The standard InChI is InChI=1S/C28H25F6O3P/c1-16-14-18(26(3,4)5)15-17(2)22(16)24(35)38(37,19-10-7-6-8-11-19)25(36)23-20(27(29,30)31)12-9-13-21(23)28(32,33)34/h6-15H,1-5H3. The van der Waals surface area contributed by atoms with Crippen molar-refractivity contribution in [2.75, 3.05) is 0 Å². The van der Waals surface area contributed by atoms with E-state index in [1.807, 2.05) is 20.8 Å². The number of carbonyl (C=O) groups excluding carboxylic acids is 2. The fraction of sp³-hybridized carbons (Fsp3) is 0.286. The maximum Gasteiger partial charge on any atom is 0.417 e. The Morgan fingerprint density at radius 3 is 1.47 bits per heavy atom. The summed E-state index contributed by atoms with van der Waals surface area (Å²) in [6, 6.07) is 10.6. The Bertz CT molecular complexity index is 1390. The van der Waals surface area contributed by atoms with Gasteiger partial charge in [-0.25, -0.2) is 0 Å². The molecule has 0 saturated heterocycles. The van der Waals surface area contributed by atoms with Crippen molar-refractivity contribution in [2.24, 2.45) is 0 Å². The Balaban J connectivity index is 2.41. The summed E-state index contributed by atoms with van der Waals surface area (Å²) in [5, 5.41) is -0.459. The summed E-state index contributed by atoms with van der Waals surface area (Å²) in [5.41, 5.74) is -8.17. The Morgan fingerprint density at radius 1 is 0.658 bits per heavy atom. The average Bonchev–Trinajstić information content (AvgIpc) is 2.80. The smallest absolute Gasteiger partial charge is 0.302 e.